The van der Waals surface area contributed by atoms with E-state index in [1.165, 1.54) is 12.6 Å². The zero-order chi connectivity index (χ0) is 11.3. The number of aromatic amines is 1. The molecule has 0 amide bonds. The maximum Gasteiger partial charge on any atom is 0.147 e. The van der Waals surface area contributed by atoms with E-state index in [1.54, 1.807) is 0 Å². The standard InChI is InChI=1S/C7H15N5O2S/c1-15(13,14)4-2-3-6(11-8)7-9-5-10-12-7/h5-6,11H,2-4,8H2,1H3,(H,9,10,12). The molecule has 4 N–H and O–H groups in total. The van der Waals surface area contributed by atoms with Gasteiger partial charge in [0, 0.05) is 12.0 Å². The Kier molecular flexibility index (Phi) is 4.18. The summed E-state index contributed by atoms with van der Waals surface area (Å²) >= 11 is 0. The van der Waals surface area contributed by atoms with Crippen molar-refractivity contribution in [2.24, 2.45) is 5.84 Å². The van der Waals surface area contributed by atoms with Crippen LogP contribution in [0.3, 0.4) is 0 Å². The van der Waals surface area contributed by atoms with Crippen LogP contribution in [0.4, 0.5) is 0 Å². The van der Waals surface area contributed by atoms with Crippen molar-refractivity contribution in [2.75, 3.05) is 12.0 Å². The van der Waals surface area contributed by atoms with Gasteiger partial charge in [-0.1, -0.05) is 0 Å². The molecule has 0 aliphatic heterocycles. The summed E-state index contributed by atoms with van der Waals surface area (Å²) in [6, 6.07) is -0.186. The normalized spacial score (nSPS) is 14.0. The zero-order valence-corrected chi connectivity index (χ0v) is 9.29. The summed E-state index contributed by atoms with van der Waals surface area (Å²) in [5, 5.41) is 6.38. The molecule has 0 saturated carbocycles. The smallest absolute Gasteiger partial charge is 0.147 e. The quantitative estimate of drug-likeness (QED) is 0.435. The van der Waals surface area contributed by atoms with Crippen LogP contribution < -0.4 is 11.3 Å². The van der Waals surface area contributed by atoms with Crippen LogP contribution in [0.25, 0.3) is 0 Å². The van der Waals surface area contributed by atoms with Gasteiger partial charge in [-0.15, -0.1) is 0 Å². The Bertz CT molecular complexity index is 374. The lowest BCUT2D eigenvalue weighted by Gasteiger charge is -2.11. The van der Waals surface area contributed by atoms with Gasteiger partial charge in [0.25, 0.3) is 0 Å². The molecule has 0 aliphatic rings. The summed E-state index contributed by atoms with van der Waals surface area (Å²) in [7, 11) is -2.91. The van der Waals surface area contributed by atoms with E-state index >= 15 is 0 Å². The molecule has 0 aromatic carbocycles. The average molecular weight is 233 g/mol. The van der Waals surface area contributed by atoms with E-state index in [0.29, 0.717) is 18.7 Å². The van der Waals surface area contributed by atoms with Gasteiger partial charge in [0.2, 0.25) is 0 Å². The highest BCUT2D eigenvalue weighted by molar-refractivity contribution is 7.90. The number of aromatic nitrogens is 3. The number of hydrazine groups is 1. The fourth-order valence-corrected chi connectivity index (χ4v) is 1.92. The highest BCUT2D eigenvalue weighted by Gasteiger charge is 2.13. The van der Waals surface area contributed by atoms with Crippen LogP contribution in [0.1, 0.15) is 24.7 Å². The summed E-state index contributed by atoms with van der Waals surface area (Å²) in [6.45, 7) is 0. The molecule has 0 aliphatic carbocycles. The third-order valence-electron chi connectivity index (χ3n) is 1.97. The molecule has 1 aromatic heterocycles. The van der Waals surface area contributed by atoms with E-state index in [0.717, 1.165) is 0 Å². The Hall–Kier alpha value is -0.990. The first-order valence-electron chi connectivity index (χ1n) is 4.52. The van der Waals surface area contributed by atoms with Crippen molar-refractivity contribution in [2.45, 2.75) is 18.9 Å². The number of nitrogens with zero attached hydrogens (tertiary/aromatic N) is 2. The molecule has 0 radical (unpaired) electrons. The fourth-order valence-electron chi connectivity index (χ4n) is 1.23. The molecule has 7 nitrogen and oxygen atoms in total. The number of nitrogens with one attached hydrogen (secondary N) is 2. The Balaban J connectivity index is 2.42. The molecular formula is C7H15N5O2S. The monoisotopic (exact) mass is 233 g/mol. The lowest BCUT2D eigenvalue weighted by molar-refractivity contribution is 0.485. The van der Waals surface area contributed by atoms with Crippen LogP contribution in [0.2, 0.25) is 0 Å². The minimum Gasteiger partial charge on any atom is -0.271 e. The third-order valence-corrected chi connectivity index (χ3v) is 3.00. The molecule has 1 atom stereocenters. The second kappa shape index (κ2) is 5.19. The summed E-state index contributed by atoms with van der Waals surface area (Å²) in [5.74, 6) is 6.10. The number of nitrogens with two attached hydrogens (primary N) is 1. The van der Waals surface area contributed by atoms with Crippen molar-refractivity contribution >= 4 is 9.84 Å². The average Bonchev–Trinajstić information content (AvgIpc) is 2.63. The van der Waals surface area contributed by atoms with E-state index in [9.17, 15) is 8.42 Å². The van der Waals surface area contributed by atoms with Crippen LogP contribution in [-0.4, -0.2) is 35.6 Å². The molecule has 15 heavy (non-hydrogen) atoms. The number of rotatable bonds is 6. The number of sulfone groups is 1. The minimum atomic E-state index is -2.91. The molecular weight excluding hydrogens is 218 g/mol. The molecule has 0 saturated heterocycles. The molecule has 8 heteroatoms. The third kappa shape index (κ3) is 4.36. The van der Waals surface area contributed by atoms with Crippen molar-refractivity contribution in [1.82, 2.24) is 20.6 Å². The number of H-pyrrole nitrogens is 1. The van der Waals surface area contributed by atoms with Crippen LogP contribution in [0.15, 0.2) is 6.33 Å². The predicted octanol–water partition coefficient (Wildman–Crippen LogP) is -0.866. The van der Waals surface area contributed by atoms with Crippen LogP contribution in [0, 0.1) is 0 Å². The van der Waals surface area contributed by atoms with Crippen LogP contribution in [-0.2, 0) is 9.84 Å². The van der Waals surface area contributed by atoms with Crippen molar-refractivity contribution in [3.63, 3.8) is 0 Å². The highest BCUT2D eigenvalue weighted by Crippen LogP contribution is 2.12. The Morgan fingerprint density at radius 1 is 1.67 bits per heavy atom. The predicted molar refractivity (Wildman–Crippen MR) is 55.4 cm³/mol. The molecule has 1 aromatic rings. The van der Waals surface area contributed by atoms with Gasteiger partial charge >= 0.3 is 0 Å². The Morgan fingerprint density at radius 2 is 2.40 bits per heavy atom. The van der Waals surface area contributed by atoms with E-state index in [2.05, 4.69) is 20.6 Å². The lowest BCUT2D eigenvalue weighted by atomic mass is 10.2. The second-order valence-electron chi connectivity index (χ2n) is 3.36. The van der Waals surface area contributed by atoms with Gasteiger partial charge in [-0.25, -0.2) is 18.8 Å². The van der Waals surface area contributed by atoms with Crippen LogP contribution in [0.5, 0.6) is 0 Å². The maximum absolute atomic E-state index is 10.9. The first-order valence-corrected chi connectivity index (χ1v) is 6.58. The van der Waals surface area contributed by atoms with Gasteiger partial charge in [0.1, 0.15) is 22.0 Å². The molecule has 86 valence electrons. The summed E-state index contributed by atoms with van der Waals surface area (Å²) < 4.78 is 21.8. The molecule has 0 fully saturated rings. The van der Waals surface area contributed by atoms with Gasteiger partial charge in [0.05, 0.1) is 6.04 Å². The van der Waals surface area contributed by atoms with Gasteiger partial charge in [-0.05, 0) is 12.8 Å². The maximum atomic E-state index is 10.9. The molecule has 1 heterocycles. The van der Waals surface area contributed by atoms with Crippen molar-refractivity contribution in [3.05, 3.63) is 12.2 Å². The SMILES string of the molecule is CS(=O)(=O)CCCC(NN)c1ncn[nH]1. The lowest BCUT2D eigenvalue weighted by Crippen LogP contribution is -2.29. The summed E-state index contributed by atoms with van der Waals surface area (Å²) in [4.78, 5) is 3.94. The Labute approximate surface area is 88.4 Å². The fraction of sp³-hybridized carbons (Fsp3) is 0.714. The molecule has 1 unspecified atom stereocenters. The zero-order valence-electron chi connectivity index (χ0n) is 8.47. The van der Waals surface area contributed by atoms with E-state index < -0.39 is 9.84 Å². The largest absolute Gasteiger partial charge is 0.271 e. The van der Waals surface area contributed by atoms with E-state index in [1.807, 2.05) is 0 Å². The number of hydrogen-bond acceptors (Lipinski definition) is 6. The van der Waals surface area contributed by atoms with Crippen molar-refractivity contribution in [1.29, 1.82) is 0 Å². The van der Waals surface area contributed by atoms with E-state index in [4.69, 9.17) is 5.84 Å². The van der Waals surface area contributed by atoms with Crippen molar-refractivity contribution in [3.8, 4) is 0 Å². The van der Waals surface area contributed by atoms with Gasteiger partial charge in [0.15, 0.2) is 0 Å². The van der Waals surface area contributed by atoms with Crippen LogP contribution >= 0.6 is 0 Å². The first kappa shape index (κ1) is 12.1. The molecule has 0 spiro atoms. The highest BCUT2D eigenvalue weighted by atomic mass is 32.2. The summed E-state index contributed by atoms with van der Waals surface area (Å²) in [5.41, 5.74) is 2.56. The molecule has 1 rings (SSSR count). The van der Waals surface area contributed by atoms with Gasteiger partial charge < -0.3 is 0 Å². The number of hydrogen-bond donors (Lipinski definition) is 3. The topological polar surface area (TPSA) is 114 Å². The second-order valence-corrected chi connectivity index (χ2v) is 5.62. The van der Waals surface area contributed by atoms with Crippen molar-refractivity contribution < 1.29 is 8.42 Å². The Morgan fingerprint density at radius 3 is 2.87 bits per heavy atom. The first-order chi connectivity index (χ1) is 7.03. The molecule has 0 bridgehead atoms. The summed E-state index contributed by atoms with van der Waals surface area (Å²) in [6.07, 6.45) is 3.73. The van der Waals surface area contributed by atoms with E-state index in [-0.39, 0.29) is 11.8 Å². The van der Waals surface area contributed by atoms with Gasteiger partial charge in [-0.2, -0.15) is 5.10 Å². The van der Waals surface area contributed by atoms with Gasteiger partial charge in [-0.3, -0.25) is 10.9 Å². The minimum absolute atomic E-state index is 0.152.